The van der Waals surface area contributed by atoms with E-state index in [0.717, 1.165) is 17.8 Å². The van der Waals surface area contributed by atoms with Crippen LogP contribution in [0.15, 0.2) is 0 Å². The van der Waals surface area contributed by atoms with Gasteiger partial charge >= 0.3 is 0 Å². The average Bonchev–Trinajstić information content (AvgIpc) is 1.98. The van der Waals surface area contributed by atoms with Gasteiger partial charge in [0.15, 0.2) is 0 Å². The van der Waals surface area contributed by atoms with Gasteiger partial charge in [-0.2, -0.15) is 0 Å². The second kappa shape index (κ2) is 4.86. The molecule has 12 heavy (non-hydrogen) atoms. The van der Waals surface area contributed by atoms with Gasteiger partial charge in [0.25, 0.3) is 0 Å². The third kappa shape index (κ3) is 2.22. The van der Waals surface area contributed by atoms with E-state index in [9.17, 15) is 0 Å². The molecule has 0 aromatic rings. The van der Waals surface area contributed by atoms with E-state index in [1.54, 1.807) is 0 Å². The first-order valence-corrected chi connectivity index (χ1v) is 5.44. The highest BCUT2D eigenvalue weighted by molar-refractivity contribution is 4.84. The first kappa shape index (κ1) is 10.0. The van der Waals surface area contributed by atoms with E-state index in [2.05, 4.69) is 26.2 Å². The fraction of sp³-hybridized carbons (Fsp3) is 1.00. The van der Waals surface area contributed by atoms with Crippen LogP contribution in [0.4, 0.5) is 0 Å². The second-order valence-corrected chi connectivity index (χ2v) is 4.32. The Balaban J connectivity index is 2.22. The molecular formula is C11H23N. The summed E-state index contributed by atoms with van der Waals surface area (Å²) in [6.07, 6.45) is 5.71. The Hall–Kier alpha value is -0.0400. The predicted octanol–water partition coefficient (Wildman–Crippen LogP) is 2.67. The lowest BCUT2D eigenvalue weighted by atomic mass is 9.66. The van der Waals surface area contributed by atoms with Crippen molar-refractivity contribution in [3.8, 4) is 0 Å². The molecule has 3 atom stereocenters. The summed E-state index contributed by atoms with van der Waals surface area (Å²) >= 11 is 0. The molecule has 72 valence electrons. The van der Waals surface area contributed by atoms with Crippen molar-refractivity contribution >= 4 is 0 Å². The normalized spacial score (nSPS) is 31.2. The quantitative estimate of drug-likeness (QED) is 0.667. The van der Waals surface area contributed by atoms with Crippen LogP contribution in [0.5, 0.6) is 0 Å². The zero-order chi connectivity index (χ0) is 8.97. The van der Waals surface area contributed by atoms with Gasteiger partial charge in [0.1, 0.15) is 0 Å². The van der Waals surface area contributed by atoms with Crippen molar-refractivity contribution in [2.45, 2.75) is 39.5 Å². The fourth-order valence-corrected chi connectivity index (χ4v) is 2.53. The Morgan fingerprint density at radius 1 is 1.42 bits per heavy atom. The maximum absolute atomic E-state index is 3.30. The van der Waals surface area contributed by atoms with E-state index in [-0.39, 0.29) is 0 Å². The van der Waals surface area contributed by atoms with Crippen molar-refractivity contribution < 1.29 is 0 Å². The van der Waals surface area contributed by atoms with E-state index in [0.29, 0.717) is 0 Å². The van der Waals surface area contributed by atoms with Crippen molar-refractivity contribution in [2.24, 2.45) is 17.8 Å². The standard InChI is InChI=1S/C11H23N/c1-4-5-9(2)11-7-6-10(11)8-12-3/h9-12H,4-8H2,1-3H3. The number of hydrogen-bond donors (Lipinski definition) is 1. The van der Waals surface area contributed by atoms with Gasteiger partial charge in [-0.25, -0.2) is 0 Å². The molecule has 1 saturated carbocycles. The summed E-state index contributed by atoms with van der Waals surface area (Å²) < 4.78 is 0. The van der Waals surface area contributed by atoms with Crippen molar-refractivity contribution in [3.63, 3.8) is 0 Å². The van der Waals surface area contributed by atoms with E-state index < -0.39 is 0 Å². The molecular weight excluding hydrogens is 146 g/mol. The van der Waals surface area contributed by atoms with Gasteiger partial charge in [0.2, 0.25) is 0 Å². The predicted molar refractivity (Wildman–Crippen MR) is 54.2 cm³/mol. The molecule has 3 unspecified atom stereocenters. The molecule has 1 fully saturated rings. The zero-order valence-corrected chi connectivity index (χ0v) is 8.77. The van der Waals surface area contributed by atoms with Crippen molar-refractivity contribution in [3.05, 3.63) is 0 Å². The lowest BCUT2D eigenvalue weighted by molar-refractivity contribution is 0.107. The minimum atomic E-state index is 0.960. The van der Waals surface area contributed by atoms with Gasteiger partial charge in [-0.15, -0.1) is 0 Å². The van der Waals surface area contributed by atoms with Crippen molar-refractivity contribution in [1.82, 2.24) is 5.32 Å². The zero-order valence-electron chi connectivity index (χ0n) is 8.77. The lowest BCUT2D eigenvalue weighted by Gasteiger charge is -2.40. The minimum absolute atomic E-state index is 0.960. The largest absolute Gasteiger partial charge is 0.319 e. The summed E-state index contributed by atoms with van der Waals surface area (Å²) in [5.74, 6) is 2.97. The number of rotatable bonds is 5. The summed E-state index contributed by atoms with van der Waals surface area (Å²) in [6.45, 7) is 5.96. The monoisotopic (exact) mass is 169 g/mol. The molecule has 0 amide bonds. The van der Waals surface area contributed by atoms with Gasteiger partial charge in [0.05, 0.1) is 0 Å². The van der Waals surface area contributed by atoms with Crippen LogP contribution in [0, 0.1) is 17.8 Å². The van der Waals surface area contributed by atoms with E-state index >= 15 is 0 Å². The average molecular weight is 169 g/mol. The summed E-state index contributed by atoms with van der Waals surface area (Å²) in [4.78, 5) is 0. The first-order chi connectivity index (χ1) is 5.79. The Labute approximate surface area is 76.9 Å². The van der Waals surface area contributed by atoms with E-state index in [1.807, 2.05) is 0 Å². The Morgan fingerprint density at radius 3 is 2.58 bits per heavy atom. The first-order valence-electron chi connectivity index (χ1n) is 5.44. The van der Waals surface area contributed by atoms with Crippen molar-refractivity contribution in [1.29, 1.82) is 0 Å². The van der Waals surface area contributed by atoms with Gasteiger partial charge in [-0.05, 0) is 44.2 Å². The molecule has 0 radical (unpaired) electrons. The SMILES string of the molecule is CCCC(C)C1CCC1CNC. The highest BCUT2D eigenvalue weighted by atomic mass is 14.8. The van der Waals surface area contributed by atoms with Gasteiger partial charge in [0, 0.05) is 0 Å². The molecule has 0 saturated heterocycles. The summed E-state index contributed by atoms with van der Waals surface area (Å²) in [7, 11) is 2.07. The molecule has 0 aromatic heterocycles. The van der Waals surface area contributed by atoms with Crippen LogP contribution in [0.25, 0.3) is 0 Å². The molecule has 1 aliphatic carbocycles. The van der Waals surface area contributed by atoms with E-state index in [4.69, 9.17) is 0 Å². The van der Waals surface area contributed by atoms with Crippen LogP contribution in [0.3, 0.4) is 0 Å². The van der Waals surface area contributed by atoms with Gasteiger partial charge in [-0.3, -0.25) is 0 Å². The smallest absolute Gasteiger partial charge is 0.00208 e. The Morgan fingerprint density at radius 2 is 2.17 bits per heavy atom. The van der Waals surface area contributed by atoms with Crippen LogP contribution < -0.4 is 5.32 Å². The van der Waals surface area contributed by atoms with Gasteiger partial charge < -0.3 is 5.32 Å². The maximum atomic E-state index is 3.30. The molecule has 0 bridgehead atoms. The maximum Gasteiger partial charge on any atom is -0.00208 e. The second-order valence-electron chi connectivity index (χ2n) is 4.32. The van der Waals surface area contributed by atoms with E-state index in [1.165, 1.54) is 32.2 Å². The molecule has 1 aliphatic rings. The number of nitrogens with one attached hydrogen (secondary N) is 1. The molecule has 1 heteroatoms. The molecule has 1 N–H and O–H groups in total. The third-order valence-electron chi connectivity index (χ3n) is 3.42. The molecule has 0 aliphatic heterocycles. The topological polar surface area (TPSA) is 12.0 Å². The molecule has 1 rings (SSSR count). The van der Waals surface area contributed by atoms with Crippen LogP contribution in [-0.4, -0.2) is 13.6 Å². The lowest BCUT2D eigenvalue weighted by Crippen LogP contribution is -2.37. The van der Waals surface area contributed by atoms with Crippen LogP contribution in [0.1, 0.15) is 39.5 Å². The Bertz CT molecular complexity index is 114. The van der Waals surface area contributed by atoms with Crippen LogP contribution in [0.2, 0.25) is 0 Å². The molecule has 0 spiro atoms. The summed E-state index contributed by atoms with van der Waals surface area (Å²) in [5, 5.41) is 3.30. The summed E-state index contributed by atoms with van der Waals surface area (Å²) in [6, 6.07) is 0. The minimum Gasteiger partial charge on any atom is -0.319 e. The summed E-state index contributed by atoms with van der Waals surface area (Å²) in [5.41, 5.74) is 0. The highest BCUT2D eigenvalue weighted by Crippen LogP contribution is 2.40. The highest BCUT2D eigenvalue weighted by Gasteiger charge is 2.33. The fourth-order valence-electron chi connectivity index (χ4n) is 2.53. The molecule has 1 nitrogen and oxygen atoms in total. The van der Waals surface area contributed by atoms with Gasteiger partial charge in [-0.1, -0.05) is 26.7 Å². The van der Waals surface area contributed by atoms with Crippen LogP contribution >= 0.6 is 0 Å². The van der Waals surface area contributed by atoms with Crippen molar-refractivity contribution in [2.75, 3.05) is 13.6 Å². The third-order valence-corrected chi connectivity index (χ3v) is 3.42. The number of hydrogen-bond acceptors (Lipinski definition) is 1. The molecule has 0 aromatic carbocycles. The molecule has 0 heterocycles. The van der Waals surface area contributed by atoms with Crippen LogP contribution in [-0.2, 0) is 0 Å². The Kier molecular flexibility index (Phi) is 4.07.